The van der Waals surface area contributed by atoms with Crippen molar-refractivity contribution >= 4 is 23.6 Å². The maximum absolute atomic E-state index is 12.6. The summed E-state index contributed by atoms with van der Waals surface area (Å²) in [6, 6.07) is 2.62. The van der Waals surface area contributed by atoms with Gasteiger partial charge in [-0.15, -0.1) is 0 Å². The Labute approximate surface area is 132 Å². The van der Waals surface area contributed by atoms with E-state index in [4.69, 9.17) is 0 Å². The summed E-state index contributed by atoms with van der Waals surface area (Å²) in [6.45, 7) is 1.48. The van der Waals surface area contributed by atoms with E-state index in [2.05, 4.69) is 10.2 Å². The van der Waals surface area contributed by atoms with Crippen LogP contribution in [0.15, 0.2) is 12.1 Å². The summed E-state index contributed by atoms with van der Waals surface area (Å²) in [5.74, 6) is -1.85. The van der Waals surface area contributed by atoms with Gasteiger partial charge in [-0.25, -0.2) is 0 Å². The highest BCUT2D eigenvalue weighted by Gasteiger charge is 2.45. The van der Waals surface area contributed by atoms with Gasteiger partial charge in [0.15, 0.2) is 0 Å². The smallest absolute Gasteiger partial charge is 0.262 e. The van der Waals surface area contributed by atoms with Gasteiger partial charge in [0.1, 0.15) is 6.04 Å². The van der Waals surface area contributed by atoms with Crippen molar-refractivity contribution in [2.24, 2.45) is 0 Å². The fourth-order valence-corrected chi connectivity index (χ4v) is 3.54. The van der Waals surface area contributed by atoms with Crippen molar-refractivity contribution in [2.45, 2.75) is 32.0 Å². The Bertz CT molecular complexity index is 741. The van der Waals surface area contributed by atoms with Gasteiger partial charge in [-0.1, -0.05) is 0 Å². The number of nitrogens with zero attached hydrogens (tertiary/aromatic N) is 2. The normalized spacial score (nSPS) is 24.0. The summed E-state index contributed by atoms with van der Waals surface area (Å²) in [5.41, 5.74) is 2.79. The predicted octanol–water partition coefficient (Wildman–Crippen LogP) is 0.0332. The molecule has 7 heteroatoms. The molecule has 1 N–H and O–H groups in total. The molecule has 118 valence electrons. The molecule has 3 heterocycles. The van der Waals surface area contributed by atoms with Crippen LogP contribution >= 0.6 is 0 Å². The Balaban J connectivity index is 1.71. The first kappa shape index (κ1) is 14.1. The number of carbonyl (C=O) groups excluding carboxylic acids is 4. The Kier molecular flexibility index (Phi) is 2.89. The highest BCUT2D eigenvalue weighted by Crippen LogP contribution is 2.32. The molecule has 3 aliphatic heterocycles. The summed E-state index contributed by atoms with van der Waals surface area (Å²) < 4.78 is 0. The number of hydrogen-bond acceptors (Lipinski definition) is 5. The van der Waals surface area contributed by atoms with Crippen LogP contribution in [0, 0.1) is 0 Å². The number of rotatable bonds is 1. The fourth-order valence-electron chi connectivity index (χ4n) is 3.54. The summed E-state index contributed by atoms with van der Waals surface area (Å²) >= 11 is 0. The van der Waals surface area contributed by atoms with Gasteiger partial charge >= 0.3 is 0 Å². The molecular weight excluding hydrogens is 298 g/mol. The first-order chi connectivity index (χ1) is 11.0. The van der Waals surface area contributed by atoms with Gasteiger partial charge in [0.25, 0.3) is 11.8 Å². The van der Waals surface area contributed by atoms with Gasteiger partial charge in [0.05, 0.1) is 11.1 Å². The summed E-state index contributed by atoms with van der Waals surface area (Å²) in [6.07, 6.45) is 0.309. The third-order valence-electron chi connectivity index (χ3n) is 4.64. The van der Waals surface area contributed by atoms with Gasteiger partial charge in [0.2, 0.25) is 11.8 Å². The second kappa shape index (κ2) is 4.73. The molecule has 0 radical (unpaired) electrons. The molecule has 0 bridgehead atoms. The molecule has 0 saturated carbocycles. The molecule has 1 fully saturated rings. The van der Waals surface area contributed by atoms with E-state index in [1.807, 2.05) is 7.05 Å². The molecule has 4 rings (SSSR count). The Morgan fingerprint density at radius 2 is 1.57 bits per heavy atom. The van der Waals surface area contributed by atoms with Crippen molar-refractivity contribution in [3.05, 3.63) is 34.4 Å². The first-order valence-electron chi connectivity index (χ1n) is 7.51. The lowest BCUT2D eigenvalue weighted by molar-refractivity contribution is -0.136. The Hall–Kier alpha value is -2.54. The predicted molar refractivity (Wildman–Crippen MR) is 78.3 cm³/mol. The van der Waals surface area contributed by atoms with E-state index in [0.717, 1.165) is 29.1 Å². The number of benzene rings is 1. The van der Waals surface area contributed by atoms with Gasteiger partial charge in [0, 0.05) is 19.5 Å². The average Bonchev–Trinajstić information content (AvgIpc) is 2.96. The summed E-state index contributed by atoms with van der Waals surface area (Å²) in [7, 11) is 1.98. The lowest BCUT2D eigenvalue weighted by atomic mass is 10.0. The fraction of sp³-hybridized carbons (Fsp3) is 0.375. The van der Waals surface area contributed by atoms with Crippen LogP contribution in [0.2, 0.25) is 0 Å². The van der Waals surface area contributed by atoms with E-state index in [1.54, 1.807) is 12.1 Å². The van der Waals surface area contributed by atoms with E-state index in [9.17, 15) is 19.2 Å². The second-order valence-corrected chi connectivity index (χ2v) is 6.29. The van der Waals surface area contributed by atoms with Crippen LogP contribution in [0.1, 0.15) is 44.7 Å². The Morgan fingerprint density at radius 3 is 2.09 bits per heavy atom. The monoisotopic (exact) mass is 313 g/mol. The zero-order valence-corrected chi connectivity index (χ0v) is 12.6. The minimum atomic E-state index is -0.905. The number of carbonyl (C=O) groups is 4. The molecule has 1 atom stereocenters. The van der Waals surface area contributed by atoms with Crippen LogP contribution in [0.5, 0.6) is 0 Å². The van der Waals surface area contributed by atoms with Crippen LogP contribution in [-0.4, -0.2) is 46.5 Å². The summed E-state index contributed by atoms with van der Waals surface area (Å²) in [4.78, 5) is 51.6. The number of amides is 4. The van der Waals surface area contributed by atoms with Gasteiger partial charge < -0.3 is 0 Å². The topological polar surface area (TPSA) is 86.8 Å². The van der Waals surface area contributed by atoms with E-state index < -0.39 is 23.8 Å². The van der Waals surface area contributed by atoms with E-state index in [0.29, 0.717) is 11.1 Å². The van der Waals surface area contributed by atoms with Crippen molar-refractivity contribution in [1.29, 1.82) is 0 Å². The van der Waals surface area contributed by atoms with Crippen molar-refractivity contribution < 1.29 is 19.2 Å². The van der Waals surface area contributed by atoms with E-state index in [-0.39, 0.29) is 18.7 Å². The van der Waals surface area contributed by atoms with Crippen molar-refractivity contribution in [3.8, 4) is 0 Å². The number of nitrogens with one attached hydrogen (secondary N) is 1. The molecular formula is C16H15N3O4. The highest BCUT2D eigenvalue weighted by atomic mass is 16.2. The molecule has 1 aromatic carbocycles. The molecule has 7 nitrogen and oxygen atoms in total. The maximum Gasteiger partial charge on any atom is 0.262 e. The molecule has 0 spiro atoms. The SMILES string of the molecule is CN1Cc2cc3c(cc2C1)C(=O)N(C1CCC(=O)NC1=O)C3=O. The van der Waals surface area contributed by atoms with Gasteiger partial charge in [-0.05, 0) is 36.7 Å². The lowest BCUT2D eigenvalue weighted by Gasteiger charge is -2.27. The zero-order chi connectivity index (χ0) is 16.3. The third-order valence-corrected chi connectivity index (χ3v) is 4.64. The molecule has 4 amide bonds. The Morgan fingerprint density at radius 1 is 1.00 bits per heavy atom. The van der Waals surface area contributed by atoms with Crippen LogP contribution in [-0.2, 0) is 22.7 Å². The molecule has 1 saturated heterocycles. The largest absolute Gasteiger partial charge is 0.298 e. The number of fused-ring (bicyclic) bond motifs is 2. The van der Waals surface area contributed by atoms with Gasteiger partial charge in [-0.2, -0.15) is 0 Å². The number of imide groups is 2. The van der Waals surface area contributed by atoms with Crippen LogP contribution in [0.25, 0.3) is 0 Å². The highest BCUT2D eigenvalue weighted by molar-refractivity contribution is 6.23. The average molecular weight is 313 g/mol. The first-order valence-corrected chi connectivity index (χ1v) is 7.51. The zero-order valence-electron chi connectivity index (χ0n) is 12.6. The van der Waals surface area contributed by atoms with Gasteiger partial charge in [-0.3, -0.25) is 34.3 Å². The van der Waals surface area contributed by atoms with Crippen LogP contribution < -0.4 is 5.32 Å². The van der Waals surface area contributed by atoms with E-state index in [1.165, 1.54) is 0 Å². The quantitative estimate of drug-likeness (QED) is 0.739. The van der Waals surface area contributed by atoms with Crippen molar-refractivity contribution in [3.63, 3.8) is 0 Å². The van der Waals surface area contributed by atoms with E-state index >= 15 is 0 Å². The van der Waals surface area contributed by atoms with Crippen LogP contribution in [0.4, 0.5) is 0 Å². The molecule has 1 aromatic rings. The third kappa shape index (κ3) is 2.00. The van der Waals surface area contributed by atoms with Crippen molar-refractivity contribution in [2.75, 3.05) is 7.05 Å². The minimum Gasteiger partial charge on any atom is -0.298 e. The molecule has 0 aliphatic carbocycles. The summed E-state index contributed by atoms with van der Waals surface area (Å²) in [5, 5.41) is 2.19. The molecule has 3 aliphatic rings. The standard InChI is InChI=1S/C16H15N3O4/c1-18-6-8-4-10-11(5-9(8)7-18)16(23)19(15(10)22)12-2-3-13(20)17-14(12)21/h4-5,12H,2-3,6-7H2,1H3,(H,17,20,21). The minimum absolute atomic E-state index is 0.130. The molecule has 0 aromatic heterocycles. The molecule has 1 unspecified atom stereocenters. The lowest BCUT2D eigenvalue weighted by Crippen LogP contribution is -2.54. The van der Waals surface area contributed by atoms with Crippen molar-refractivity contribution in [1.82, 2.24) is 15.1 Å². The number of hydrogen-bond donors (Lipinski definition) is 1. The molecule has 23 heavy (non-hydrogen) atoms. The number of piperidine rings is 1. The maximum atomic E-state index is 12.6. The van der Waals surface area contributed by atoms with Crippen LogP contribution in [0.3, 0.4) is 0 Å². The second-order valence-electron chi connectivity index (χ2n) is 6.29.